The summed E-state index contributed by atoms with van der Waals surface area (Å²) in [5.41, 5.74) is 2.27. The van der Waals surface area contributed by atoms with Gasteiger partial charge in [0.1, 0.15) is 6.61 Å². The Balaban J connectivity index is 1.22. The molecule has 3 heterocycles. The number of aryl methyl sites for hydroxylation is 1. The maximum atomic E-state index is 13.1. The topological polar surface area (TPSA) is 94.0 Å². The third kappa shape index (κ3) is 4.25. The van der Waals surface area contributed by atoms with E-state index in [9.17, 15) is 14.4 Å². The summed E-state index contributed by atoms with van der Waals surface area (Å²) in [6.45, 7) is 4.83. The molecular weight excluding hydrogens is 448 g/mol. The van der Waals surface area contributed by atoms with Crippen molar-refractivity contribution in [2.75, 3.05) is 32.8 Å². The van der Waals surface area contributed by atoms with Gasteiger partial charge in [0.25, 0.3) is 17.6 Å². The van der Waals surface area contributed by atoms with Crippen LogP contribution in [0.2, 0.25) is 0 Å². The minimum Gasteiger partial charge on any atom is -0.485 e. The Hall–Kier alpha value is -4.14. The first-order valence-corrected chi connectivity index (χ1v) is 11.6. The minimum atomic E-state index is -0.733. The van der Waals surface area contributed by atoms with Gasteiger partial charge in [-0.25, -0.2) is 4.68 Å². The Bertz CT molecular complexity index is 1280. The first-order valence-electron chi connectivity index (χ1n) is 11.6. The Labute approximate surface area is 202 Å². The Kier molecular flexibility index (Phi) is 5.98. The number of para-hydroxylation sites is 3. The number of hydrogen-bond donors (Lipinski definition) is 0. The van der Waals surface area contributed by atoms with Crippen molar-refractivity contribution in [1.82, 2.24) is 19.6 Å². The number of carbonyl (C=O) groups is 3. The van der Waals surface area contributed by atoms with Crippen molar-refractivity contribution in [3.63, 3.8) is 0 Å². The van der Waals surface area contributed by atoms with E-state index in [1.807, 2.05) is 42.5 Å². The molecule has 9 heteroatoms. The second-order valence-electron chi connectivity index (χ2n) is 8.60. The number of fused-ring (bicyclic) bond motifs is 1. The number of ketones is 1. The Morgan fingerprint density at radius 1 is 0.857 bits per heavy atom. The van der Waals surface area contributed by atoms with Crippen LogP contribution in [0.1, 0.15) is 21.7 Å². The van der Waals surface area contributed by atoms with Crippen LogP contribution in [0.25, 0.3) is 5.69 Å². The molecule has 1 atom stereocenters. The van der Waals surface area contributed by atoms with Crippen LogP contribution in [0, 0.1) is 13.8 Å². The summed E-state index contributed by atoms with van der Waals surface area (Å²) < 4.78 is 13.2. The molecule has 1 fully saturated rings. The van der Waals surface area contributed by atoms with E-state index in [0.29, 0.717) is 41.5 Å². The number of Topliss-reactive ketones (excluding diaryl/α,β-unsaturated/α-hetero) is 1. The molecule has 1 unspecified atom stereocenters. The van der Waals surface area contributed by atoms with Gasteiger partial charge in [-0.05, 0) is 38.1 Å². The van der Waals surface area contributed by atoms with Gasteiger partial charge in [-0.15, -0.1) is 0 Å². The molecule has 2 aromatic carbocycles. The average molecular weight is 475 g/mol. The number of piperazine rings is 1. The van der Waals surface area contributed by atoms with Gasteiger partial charge >= 0.3 is 0 Å². The van der Waals surface area contributed by atoms with Crippen LogP contribution in [-0.4, -0.2) is 76.1 Å². The number of nitrogens with zero attached hydrogens (tertiary/aromatic N) is 4. The van der Waals surface area contributed by atoms with E-state index in [4.69, 9.17) is 9.47 Å². The highest BCUT2D eigenvalue weighted by molar-refractivity contribution is 6.43. The van der Waals surface area contributed by atoms with Gasteiger partial charge in [0.05, 0.1) is 22.6 Å². The highest BCUT2D eigenvalue weighted by Gasteiger charge is 2.35. The number of benzene rings is 2. The molecule has 1 saturated heterocycles. The highest BCUT2D eigenvalue weighted by atomic mass is 16.6. The molecule has 180 valence electrons. The molecule has 3 aromatic rings. The first kappa shape index (κ1) is 22.6. The Morgan fingerprint density at radius 3 is 2.20 bits per heavy atom. The summed E-state index contributed by atoms with van der Waals surface area (Å²) in [7, 11) is 0. The first-order chi connectivity index (χ1) is 16.9. The van der Waals surface area contributed by atoms with E-state index in [2.05, 4.69) is 5.10 Å². The van der Waals surface area contributed by atoms with Gasteiger partial charge in [-0.3, -0.25) is 14.4 Å². The molecule has 0 bridgehead atoms. The van der Waals surface area contributed by atoms with Gasteiger partial charge in [0, 0.05) is 26.2 Å². The molecule has 0 aliphatic carbocycles. The summed E-state index contributed by atoms with van der Waals surface area (Å²) in [5, 5.41) is 4.48. The molecule has 0 N–H and O–H groups in total. The van der Waals surface area contributed by atoms with Gasteiger partial charge < -0.3 is 19.3 Å². The van der Waals surface area contributed by atoms with E-state index < -0.39 is 17.8 Å². The second kappa shape index (κ2) is 9.25. The fraction of sp³-hybridized carbons (Fsp3) is 0.308. The minimum absolute atomic E-state index is 0.136. The van der Waals surface area contributed by atoms with Gasteiger partial charge in [0.2, 0.25) is 6.10 Å². The summed E-state index contributed by atoms with van der Waals surface area (Å²) in [6, 6.07) is 16.7. The molecule has 2 aliphatic heterocycles. The van der Waals surface area contributed by atoms with Gasteiger partial charge in [0.15, 0.2) is 11.5 Å². The maximum Gasteiger partial charge on any atom is 0.295 e. The van der Waals surface area contributed by atoms with Crippen molar-refractivity contribution in [2.45, 2.75) is 20.0 Å². The highest BCUT2D eigenvalue weighted by Crippen LogP contribution is 2.31. The van der Waals surface area contributed by atoms with Crippen LogP contribution in [-0.2, 0) is 9.59 Å². The van der Waals surface area contributed by atoms with Crippen LogP contribution < -0.4 is 9.47 Å². The number of carbonyl (C=O) groups excluding carboxylic acids is 3. The molecule has 0 saturated carbocycles. The van der Waals surface area contributed by atoms with Crippen molar-refractivity contribution >= 4 is 17.6 Å². The summed E-state index contributed by atoms with van der Waals surface area (Å²) in [5.74, 6) is -0.191. The SMILES string of the molecule is Cc1nn(-c2ccccc2)c(C)c1C(=O)C(=O)N1CCN(C(=O)C2COc3ccccc3O2)CC1. The third-order valence-electron chi connectivity index (χ3n) is 6.38. The zero-order valence-electron chi connectivity index (χ0n) is 19.6. The predicted molar refractivity (Wildman–Crippen MR) is 127 cm³/mol. The zero-order chi connectivity index (χ0) is 24.5. The lowest BCUT2D eigenvalue weighted by Crippen LogP contribution is -2.56. The molecule has 9 nitrogen and oxygen atoms in total. The van der Waals surface area contributed by atoms with Crippen LogP contribution >= 0.6 is 0 Å². The van der Waals surface area contributed by atoms with Crippen molar-refractivity contribution < 1.29 is 23.9 Å². The molecule has 2 amide bonds. The fourth-order valence-electron chi connectivity index (χ4n) is 4.52. The number of hydrogen-bond acceptors (Lipinski definition) is 6. The van der Waals surface area contributed by atoms with E-state index >= 15 is 0 Å². The van der Waals surface area contributed by atoms with E-state index in [1.54, 1.807) is 35.6 Å². The second-order valence-corrected chi connectivity index (χ2v) is 8.60. The molecule has 1 aromatic heterocycles. The Morgan fingerprint density at radius 2 is 1.49 bits per heavy atom. The van der Waals surface area contributed by atoms with Crippen LogP contribution in [0.15, 0.2) is 54.6 Å². The lowest BCUT2D eigenvalue weighted by molar-refractivity contribution is -0.145. The van der Waals surface area contributed by atoms with Gasteiger partial charge in [-0.2, -0.15) is 5.10 Å². The molecule has 2 aliphatic rings. The number of rotatable bonds is 4. The number of amides is 2. The van der Waals surface area contributed by atoms with Crippen LogP contribution in [0.5, 0.6) is 11.5 Å². The number of ether oxygens (including phenoxy) is 2. The predicted octanol–water partition coefficient (Wildman–Crippen LogP) is 2.18. The number of aromatic nitrogens is 2. The van der Waals surface area contributed by atoms with E-state index in [1.165, 1.54) is 4.90 Å². The maximum absolute atomic E-state index is 13.1. The third-order valence-corrected chi connectivity index (χ3v) is 6.38. The van der Waals surface area contributed by atoms with E-state index in [-0.39, 0.29) is 25.6 Å². The van der Waals surface area contributed by atoms with Crippen LogP contribution in [0.3, 0.4) is 0 Å². The largest absolute Gasteiger partial charge is 0.485 e. The summed E-state index contributed by atoms with van der Waals surface area (Å²) in [6.07, 6.45) is -0.733. The standard InChI is InChI=1S/C26H26N4O5/c1-17-23(18(2)30(27-17)19-8-4-3-5-9-19)24(31)26(33)29-14-12-28(13-15-29)25(32)22-16-34-20-10-6-7-11-21(20)35-22/h3-11,22H,12-16H2,1-2H3. The summed E-state index contributed by atoms with van der Waals surface area (Å²) >= 11 is 0. The zero-order valence-corrected chi connectivity index (χ0v) is 19.6. The van der Waals surface area contributed by atoms with Crippen molar-refractivity contribution in [1.29, 1.82) is 0 Å². The summed E-state index contributed by atoms with van der Waals surface area (Å²) in [4.78, 5) is 42.3. The lowest BCUT2D eigenvalue weighted by Gasteiger charge is -2.36. The molecule has 0 radical (unpaired) electrons. The fourth-order valence-corrected chi connectivity index (χ4v) is 4.52. The van der Waals surface area contributed by atoms with E-state index in [0.717, 1.165) is 5.69 Å². The normalized spacial score (nSPS) is 17.3. The van der Waals surface area contributed by atoms with Gasteiger partial charge in [-0.1, -0.05) is 30.3 Å². The molecule has 35 heavy (non-hydrogen) atoms. The van der Waals surface area contributed by atoms with Crippen molar-refractivity contribution in [3.8, 4) is 17.2 Å². The van der Waals surface area contributed by atoms with Crippen molar-refractivity contribution in [3.05, 3.63) is 71.5 Å². The quantitative estimate of drug-likeness (QED) is 0.425. The monoisotopic (exact) mass is 474 g/mol. The molecular formula is C26H26N4O5. The molecule has 5 rings (SSSR count). The smallest absolute Gasteiger partial charge is 0.295 e. The molecule has 0 spiro atoms. The van der Waals surface area contributed by atoms with Crippen LogP contribution in [0.4, 0.5) is 0 Å². The average Bonchev–Trinajstić information content (AvgIpc) is 3.21. The van der Waals surface area contributed by atoms with Crippen molar-refractivity contribution in [2.24, 2.45) is 0 Å². The lowest BCUT2D eigenvalue weighted by atomic mass is 10.1.